The summed E-state index contributed by atoms with van der Waals surface area (Å²) in [6, 6.07) is 0. The van der Waals surface area contributed by atoms with E-state index in [4.69, 9.17) is 13.8 Å². The molecule has 0 amide bonds. The third-order valence-corrected chi connectivity index (χ3v) is 9.08. The fourth-order valence-electron chi connectivity index (χ4n) is 5.16. The lowest BCUT2D eigenvalue weighted by Crippen LogP contribution is -2.38. The number of nitrogens with zero attached hydrogens (tertiary/aromatic N) is 1. The van der Waals surface area contributed by atoms with Gasteiger partial charge in [-0.2, -0.15) is 0 Å². The number of carbonyl (C=O) groups is 1. The standard InChI is InChI=1S/C34H70NO8P/c1-6-7-8-9-10-11-12-13-14-15-16-17-18-19-20-21-22-23-26-32(43-44(38,39)42-30-28-35(2,3)4)33(31-36)41-29-25-24-27-34(37)40-5/h32-33,36H,6-31H2,1-5H3/t32-,33+/m1/s1. The maximum Gasteiger partial charge on any atom is 0.305 e. The van der Waals surface area contributed by atoms with Crippen molar-refractivity contribution in [3.05, 3.63) is 0 Å². The summed E-state index contributed by atoms with van der Waals surface area (Å²) in [6.45, 7) is 2.73. The zero-order valence-electron chi connectivity index (χ0n) is 29.2. The molecule has 0 aliphatic rings. The van der Waals surface area contributed by atoms with Crippen LogP contribution in [0.25, 0.3) is 0 Å². The number of likely N-dealkylation sites (N-methyl/N-ethyl adjacent to an activating group) is 1. The Morgan fingerprint density at radius 3 is 1.64 bits per heavy atom. The number of phosphoric ester groups is 1. The molecule has 10 heteroatoms. The smallest absolute Gasteiger partial charge is 0.305 e. The summed E-state index contributed by atoms with van der Waals surface area (Å²) in [4.78, 5) is 23.9. The van der Waals surface area contributed by atoms with Crippen LogP contribution in [0.4, 0.5) is 0 Å². The molecule has 0 radical (unpaired) electrons. The van der Waals surface area contributed by atoms with Crippen LogP contribution in [0.5, 0.6) is 0 Å². The number of esters is 1. The predicted octanol–water partition coefficient (Wildman–Crippen LogP) is 7.72. The Labute approximate surface area is 271 Å². The lowest BCUT2D eigenvalue weighted by Gasteiger charge is -2.33. The number of aliphatic hydroxyl groups is 1. The molecule has 9 nitrogen and oxygen atoms in total. The number of rotatable bonds is 33. The molecule has 1 N–H and O–H groups in total. The van der Waals surface area contributed by atoms with Gasteiger partial charge in [-0.15, -0.1) is 0 Å². The van der Waals surface area contributed by atoms with E-state index in [9.17, 15) is 19.4 Å². The number of ether oxygens (including phenoxy) is 2. The van der Waals surface area contributed by atoms with Crippen molar-refractivity contribution in [2.45, 2.75) is 160 Å². The van der Waals surface area contributed by atoms with Crippen molar-refractivity contribution in [3.8, 4) is 0 Å². The number of unbranched alkanes of at least 4 members (excludes halogenated alkanes) is 18. The number of hydrogen-bond donors (Lipinski definition) is 1. The predicted molar refractivity (Wildman–Crippen MR) is 177 cm³/mol. The van der Waals surface area contributed by atoms with E-state index in [0.717, 1.165) is 19.3 Å². The Kier molecular flexibility index (Phi) is 28.3. The molecule has 0 heterocycles. The van der Waals surface area contributed by atoms with Crippen LogP contribution in [-0.4, -0.2) is 82.4 Å². The lowest BCUT2D eigenvalue weighted by molar-refractivity contribution is -0.870. The first-order valence-electron chi connectivity index (χ1n) is 17.8. The van der Waals surface area contributed by atoms with Crippen LogP contribution >= 0.6 is 7.82 Å². The molecule has 1 unspecified atom stereocenters. The molecule has 0 aromatic carbocycles. The molecule has 0 rings (SSSR count). The number of carbonyl (C=O) groups excluding carboxylic acids is 1. The molecule has 0 aliphatic heterocycles. The van der Waals surface area contributed by atoms with E-state index in [1.165, 1.54) is 103 Å². The first-order chi connectivity index (χ1) is 21.0. The molecule has 0 saturated heterocycles. The van der Waals surface area contributed by atoms with Crippen LogP contribution in [-0.2, 0) is 27.9 Å². The minimum atomic E-state index is -4.57. The average Bonchev–Trinajstić information content (AvgIpc) is 2.96. The third-order valence-electron chi connectivity index (χ3n) is 8.05. The second-order valence-electron chi connectivity index (χ2n) is 13.4. The van der Waals surface area contributed by atoms with Gasteiger partial charge in [-0.25, -0.2) is 0 Å². The maximum atomic E-state index is 12.6. The fourth-order valence-corrected chi connectivity index (χ4v) is 6.10. The summed E-state index contributed by atoms with van der Waals surface area (Å²) in [5.41, 5.74) is 0. The van der Waals surface area contributed by atoms with E-state index in [0.29, 0.717) is 36.7 Å². The lowest BCUT2D eigenvalue weighted by atomic mass is 10.0. The molecular weight excluding hydrogens is 581 g/mol. The fraction of sp³-hybridized carbons (Fsp3) is 0.971. The van der Waals surface area contributed by atoms with Gasteiger partial charge in [0.05, 0.1) is 41.0 Å². The third kappa shape index (κ3) is 28.9. The van der Waals surface area contributed by atoms with Crippen LogP contribution in [0, 0.1) is 0 Å². The van der Waals surface area contributed by atoms with Crippen LogP contribution in [0.1, 0.15) is 148 Å². The van der Waals surface area contributed by atoms with Crippen molar-refractivity contribution in [1.82, 2.24) is 0 Å². The van der Waals surface area contributed by atoms with Crippen molar-refractivity contribution < 1.29 is 42.4 Å². The van der Waals surface area contributed by atoms with Crippen molar-refractivity contribution >= 4 is 13.8 Å². The van der Waals surface area contributed by atoms with Gasteiger partial charge in [0.25, 0.3) is 7.82 Å². The van der Waals surface area contributed by atoms with Gasteiger partial charge >= 0.3 is 5.97 Å². The van der Waals surface area contributed by atoms with E-state index in [1.807, 2.05) is 21.1 Å². The molecular formula is C34H70NO8P. The quantitative estimate of drug-likeness (QED) is 0.0332. The zero-order chi connectivity index (χ0) is 32.9. The Balaban J connectivity index is 4.30. The van der Waals surface area contributed by atoms with Gasteiger partial charge in [0.2, 0.25) is 0 Å². The monoisotopic (exact) mass is 651 g/mol. The molecule has 0 bridgehead atoms. The van der Waals surface area contributed by atoms with Crippen LogP contribution < -0.4 is 4.89 Å². The SMILES string of the molecule is CCCCCCCCCCCCCCCCCCCC[C@@H](OP(=O)([O-])OCC[N+](C)(C)C)[C@H](CO)OCCCCC(=O)OC. The summed E-state index contributed by atoms with van der Waals surface area (Å²) in [5.74, 6) is -0.280. The Morgan fingerprint density at radius 1 is 0.727 bits per heavy atom. The van der Waals surface area contributed by atoms with Crippen molar-refractivity contribution in [2.24, 2.45) is 0 Å². The van der Waals surface area contributed by atoms with Gasteiger partial charge < -0.3 is 33.0 Å². The van der Waals surface area contributed by atoms with Gasteiger partial charge in [0.1, 0.15) is 19.3 Å². The summed E-state index contributed by atoms with van der Waals surface area (Å²) in [5, 5.41) is 10.00. The molecule has 0 saturated carbocycles. The second kappa shape index (κ2) is 28.7. The molecule has 0 aromatic heterocycles. The Bertz CT molecular complexity index is 703. The minimum Gasteiger partial charge on any atom is -0.756 e. The van der Waals surface area contributed by atoms with Gasteiger partial charge in [-0.3, -0.25) is 9.36 Å². The number of methoxy groups -OCH3 is 1. The largest absolute Gasteiger partial charge is 0.756 e. The first-order valence-corrected chi connectivity index (χ1v) is 19.2. The number of hydrogen-bond acceptors (Lipinski definition) is 8. The second-order valence-corrected chi connectivity index (χ2v) is 14.7. The van der Waals surface area contributed by atoms with Crippen molar-refractivity contribution in [2.75, 3.05) is 54.6 Å². The van der Waals surface area contributed by atoms with Crippen molar-refractivity contribution in [3.63, 3.8) is 0 Å². The highest BCUT2D eigenvalue weighted by Crippen LogP contribution is 2.41. The number of phosphoric acid groups is 1. The summed E-state index contributed by atoms with van der Waals surface area (Å²) >= 11 is 0. The zero-order valence-corrected chi connectivity index (χ0v) is 30.1. The highest BCUT2D eigenvalue weighted by Gasteiger charge is 2.27. The maximum absolute atomic E-state index is 12.6. The van der Waals surface area contributed by atoms with Crippen LogP contribution in [0.2, 0.25) is 0 Å². The van der Waals surface area contributed by atoms with Gasteiger partial charge in [0.15, 0.2) is 0 Å². The minimum absolute atomic E-state index is 0.0222. The van der Waals surface area contributed by atoms with E-state index >= 15 is 0 Å². The Hall–Kier alpha value is -0.540. The van der Waals surface area contributed by atoms with E-state index in [1.54, 1.807) is 0 Å². The number of aliphatic hydroxyl groups excluding tert-OH is 1. The van der Waals surface area contributed by atoms with E-state index in [2.05, 4.69) is 11.7 Å². The van der Waals surface area contributed by atoms with Gasteiger partial charge in [-0.05, 0) is 19.3 Å². The van der Waals surface area contributed by atoms with E-state index in [-0.39, 0.29) is 25.8 Å². The summed E-state index contributed by atoms with van der Waals surface area (Å²) < 4.78 is 34.2. The van der Waals surface area contributed by atoms with Crippen molar-refractivity contribution in [1.29, 1.82) is 0 Å². The highest BCUT2D eigenvalue weighted by molar-refractivity contribution is 7.45. The molecule has 0 fully saturated rings. The molecule has 3 atom stereocenters. The molecule has 0 aliphatic carbocycles. The topological polar surface area (TPSA) is 114 Å². The van der Waals surface area contributed by atoms with Gasteiger partial charge in [0, 0.05) is 13.0 Å². The molecule has 0 spiro atoms. The normalized spacial score (nSPS) is 14.8. The molecule has 0 aromatic rings. The first kappa shape index (κ1) is 43.5. The molecule has 44 heavy (non-hydrogen) atoms. The summed E-state index contributed by atoms with van der Waals surface area (Å²) in [7, 11) is 2.65. The average molecular weight is 652 g/mol. The van der Waals surface area contributed by atoms with Crippen LogP contribution in [0.15, 0.2) is 0 Å². The Morgan fingerprint density at radius 2 is 1.20 bits per heavy atom. The van der Waals surface area contributed by atoms with E-state index < -0.39 is 20.0 Å². The molecule has 264 valence electrons. The van der Waals surface area contributed by atoms with Crippen LogP contribution in [0.3, 0.4) is 0 Å². The number of quaternary nitrogens is 1. The highest BCUT2D eigenvalue weighted by atomic mass is 31.2. The summed E-state index contributed by atoms with van der Waals surface area (Å²) in [6.07, 6.45) is 23.4. The van der Waals surface area contributed by atoms with Gasteiger partial charge in [-0.1, -0.05) is 122 Å².